The number of nitrogens with one attached hydrogen (secondary N) is 1. The first-order chi connectivity index (χ1) is 24.4. The number of hydrogen-bond donors (Lipinski definition) is 4. The van der Waals surface area contributed by atoms with Gasteiger partial charge in [0.15, 0.2) is 0 Å². The van der Waals surface area contributed by atoms with Crippen LogP contribution in [0.2, 0.25) is 0 Å². The monoisotopic (exact) mass is 700 g/mol. The number of aryl methyl sites for hydroxylation is 1. The zero-order chi connectivity index (χ0) is 37.1. The average Bonchev–Trinajstić information content (AvgIpc) is 3.60. The number of fused-ring (bicyclic) bond motifs is 2. The fourth-order valence-electron chi connectivity index (χ4n) is 6.05. The third-order valence-electron chi connectivity index (χ3n) is 8.43. The van der Waals surface area contributed by atoms with Crippen molar-refractivity contribution in [3.05, 3.63) is 107 Å². The predicted octanol–water partition coefficient (Wildman–Crippen LogP) is 3.68. The summed E-state index contributed by atoms with van der Waals surface area (Å²) in [5, 5.41) is 30.8. The Morgan fingerprint density at radius 3 is 2.29 bits per heavy atom. The second-order valence-electron chi connectivity index (χ2n) is 11.9. The van der Waals surface area contributed by atoms with E-state index in [0.717, 1.165) is 11.6 Å². The number of nitrogens with zero attached hydrogens (tertiary/aromatic N) is 1. The predicted molar refractivity (Wildman–Crippen MR) is 183 cm³/mol. The van der Waals surface area contributed by atoms with Crippen LogP contribution in [0.4, 0.5) is 0 Å². The Balaban J connectivity index is 0.000000230. The van der Waals surface area contributed by atoms with Crippen molar-refractivity contribution in [2.45, 2.75) is 64.1 Å². The van der Waals surface area contributed by atoms with Gasteiger partial charge < -0.3 is 29.7 Å². The topological polar surface area (TPSA) is 197 Å². The highest BCUT2D eigenvalue weighted by atomic mass is 16.5. The Kier molecular flexibility index (Phi) is 13.2. The normalized spacial score (nSPS) is 15.8. The number of rotatable bonds is 12. The van der Waals surface area contributed by atoms with E-state index >= 15 is 0 Å². The number of hydrogen-bond acceptors (Lipinski definition) is 10. The van der Waals surface area contributed by atoms with Crippen molar-refractivity contribution >= 4 is 35.6 Å². The van der Waals surface area contributed by atoms with Gasteiger partial charge in [0.1, 0.15) is 23.6 Å². The summed E-state index contributed by atoms with van der Waals surface area (Å²) in [6.07, 6.45) is 4.12. The summed E-state index contributed by atoms with van der Waals surface area (Å²) >= 11 is 0. The summed E-state index contributed by atoms with van der Waals surface area (Å²) in [6.45, 7) is 4.09. The number of aliphatic carboxylic acids is 2. The first kappa shape index (κ1) is 38.0. The lowest BCUT2D eigenvalue weighted by atomic mass is 9.84. The first-order valence-electron chi connectivity index (χ1n) is 16.5. The molecular weight excluding hydrogens is 660 g/mol. The molecule has 0 radical (unpaired) electrons. The van der Waals surface area contributed by atoms with Crippen LogP contribution in [0.3, 0.4) is 0 Å². The number of carbonyl (C=O) groups excluding carboxylic acids is 4. The molecule has 1 heterocycles. The molecule has 1 fully saturated rings. The quantitative estimate of drug-likeness (QED) is 0.0952. The van der Waals surface area contributed by atoms with E-state index in [2.05, 4.69) is 5.32 Å². The number of phenols is 1. The lowest BCUT2D eigenvalue weighted by Gasteiger charge is -2.27. The molecule has 2 aliphatic rings. The lowest BCUT2D eigenvalue weighted by Crippen LogP contribution is -2.53. The van der Waals surface area contributed by atoms with Crippen molar-refractivity contribution in [1.82, 2.24) is 10.2 Å². The number of carboxylic acid groups (broad SMARTS) is 2. The molecule has 51 heavy (non-hydrogen) atoms. The van der Waals surface area contributed by atoms with Crippen molar-refractivity contribution in [3.63, 3.8) is 0 Å². The molecule has 3 aromatic carbocycles. The van der Waals surface area contributed by atoms with Gasteiger partial charge in [-0.1, -0.05) is 54.6 Å². The van der Waals surface area contributed by atoms with Gasteiger partial charge in [0.25, 0.3) is 0 Å². The second kappa shape index (κ2) is 17.7. The van der Waals surface area contributed by atoms with Crippen molar-refractivity contribution in [2.24, 2.45) is 0 Å². The molecule has 0 unspecified atom stereocenters. The van der Waals surface area contributed by atoms with E-state index < -0.39 is 47.8 Å². The zero-order valence-electron chi connectivity index (χ0n) is 28.2. The molecule has 1 saturated heterocycles. The number of ether oxygens (including phenoxy) is 2. The Morgan fingerprint density at radius 1 is 0.941 bits per heavy atom. The minimum absolute atomic E-state index is 0.0337. The summed E-state index contributed by atoms with van der Waals surface area (Å²) in [6, 6.07) is 17.4. The van der Waals surface area contributed by atoms with Crippen LogP contribution in [0.15, 0.2) is 78.9 Å². The molecule has 3 aromatic rings. The van der Waals surface area contributed by atoms with Crippen molar-refractivity contribution in [3.8, 4) is 11.5 Å². The molecule has 0 bridgehead atoms. The van der Waals surface area contributed by atoms with E-state index in [1.807, 2.05) is 30.3 Å². The van der Waals surface area contributed by atoms with Crippen LogP contribution >= 0.6 is 0 Å². The highest BCUT2D eigenvalue weighted by molar-refractivity contribution is 6.15. The summed E-state index contributed by atoms with van der Waals surface area (Å²) < 4.78 is 10.2. The molecule has 13 heteroatoms. The van der Waals surface area contributed by atoms with E-state index in [1.54, 1.807) is 38.1 Å². The van der Waals surface area contributed by atoms with Gasteiger partial charge in [-0.3, -0.25) is 19.7 Å². The molecule has 268 valence electrons. The molecule has 1 aliphatic heterocycles. The highest BCUT2D eigenvalue weighted by Crippen LogP contribution is 2.36. The molecule has 1 amide bonds. The summed E-state index contributed by atoms with van der Waals surface area (Å²) in [5.74, 6) is -4.40. The number of carboxylic acids is 2. The Morgan fingerprint density at radius 2 is 1.63 bits per heavy atom. The summed E-state index contributed by atoms with van der Waals surface area (Å²) in [7, 11) is 0. The SMILES string of the molecule is CCOC(=O)[C@H](CCc1ccccc1)N[C@@H](C)C(=O)N1CCC[C@H]1C(=O)O.O=C(O)/C=C\C(=O)Oc1cccc2c1C(=O)c1c(O)cccc1C2. The van der Waals surface area contributed by atoms with Gasteiger partial charge in [0.05, 0.1) is 23.8 Å². The van der Waals surface area contributed by atoms with Gasteiger partial charge in [-0.2, -0.15) is 0 Å². The van der Waals surface area contributed by atoms with Crippen molar-refractivity contribution in [2.75, 3.05) is 13.2 Å². The van der Waals surface area contributed by atoms with Crippen LogP contribution < -0.4 is 10.1 Å². The average molecular weight is 701 g/mol. The number of esters is 2. The van der Waals surface area contributed by atoms with E-state index in [-0.39, 0.29) is 35.1 Å². The standard InChI is InChI=1S/C20H28N2O5.C18H12O6/c1-3-27-20(26)16(12-11-15-8-5-4-6-9-15)21-14(2)18(23)22-13-7-10-17(22)19(24)25;19-12-5-1-3-10-9-11-4-2-6-13(17(11)18(23)16(10)12)24-15(22)8-7-14(20)21/h4-6,8-9,14,16-17,21H,3,7,10-13H2,1-2H3,(H,24,25);1-8,19H,9H2,(H,20,21)/b;8-7-/t14-,16-,17-;/m0./s1. The van der Waals surface area contributed by atoms with Crippen LogP contribution in [0, 0.1) is 0 Å². The van der Waals surface area contributed by atoms with Gasteiger partial charge in [0, 0.05) is 18.7 Å². The fourth-order valence-corrected chi connectivity index (χ4v) is 6.05. The molecule has 0 saturated carbocycles. The maximum Gasteiger partial charge on any atom is 0.336 e. The van der Waals surface area contributed by atoms with Crippen LogP contribution in [-0.4, -0.2) is 87.1 Å². The maximum atomic E-state index is 12.7. The first-order valence-corrected chi connectivity index (χ1v) is 16.5. The minimum atomic E-state index is -1.28. The number of phenolic OH excluding ortho intramolecular Hbond substituents is 1. The van der Waals surface area contributed by atoms with Gasteiger partial charge in [-0.25, -0.2) is 14.4 Å². The Bertz CT molecular complexity index is 1800. The molecule has 5 rings (SSSR count). The van der Waals surface area contributed by atoms with E-state index in [1.165, 1.54) is 17.0 Å². The second-order valence-corrected chi connectivity index (χ2v) is 11.9. The molecule has 4 N–H and O–H groups in total. The van der Waals surface area contributed by atoms with E-state index in [9.17, 15) is 39.0 Å². The van der Waals surface area contributed by atoms with Crippen LogP contribution in [0.1, 0.15) is 65.7 Å². The van der Waals surface area contributed by atoms with Gasteiger partial charge in [-0.15, -0.1) is 0 Å². The smallest absolute Gasteiger partial charge is 0.336 e. The molecule has 0 spiro atoms. The number of carbonyl (C=O) groups is 6. The molecule has 1 aliphatic carbocycles. The van der Waals surface area contributed by atoms with E-state index in [0.29, 0.717) is 55.9 Å². The molecule has 0 aromatic heterocycles. The number of ketones is 1. The van der Waals surface area contributed by atoms with E-state index in [4.69, 9.17) is 14.6 Å². The lowest BCUT2D eigenvalue weighted by molar-refractivity contribution is -0.150. The Labute approximate surface area is 294 Å². The minimum Gasteiger partial charge on any atom is -0.507 e. The van der Waals surface area contributed by atoms with Crippen LogP contribution in [0.25, 0.3) is 0 Å². The van der Waals surface area contributed by atoms with Crippen LogP contribution in [0.5, 0.6) is 11.5 Å². The third-order valence-corrected chi connectivity index (χ3v) is 8.43. The molecule has 3 atom stereocenters. The molecular formula is C38H40N2O11. The van der Waals surface area contributed by atoms with Crippen LogP contribution in [-0.2, 0) is 41.6 Å². The third kappa shape index (κ3) is 9.88. The number of amides is 1. The number of benzene rings is 3. The summed E-state index contributed by atoms with van der Waals surface area (Å²) in [4.78, 5) is 72.6. The molecule has 13 nitrogen and oxygen atoms in total. The highest BCUT2D eigenvalue weighted by Gasteiger charge is 2.37. The van der Waals surface area contributed by atoms with Gasteiger partial charge >= 0.3 is 23.9 Å². The summed E-state index contributed by atoms with van der Waals surface area (Å²) in [5.41, 5.74) is 2.85. The van der Waals surface area contributed by atoms with Crippen molar-refractivity contribution in [1.29, 1.82) is 0 Å². The largest absolute Gasteiger partial charge is 0.507 e. The maximum absolute atomic E-state index is 12.7. The number of aromatic hydroxyl groups is 1. The van der Waals surface area contributed by atoms with Gasteiger partial charge in [-0.05, 0) is 74.8 Å². The fraction of sp³-hybridized carbons (Fsp3) is 0.316. The Hall–Kier alpha value is -5.82. The number of likely N-dealkylation sites (tertiary alicyclic amines) is 1. The van der Waals surface area contributed by atoms with Gasteiger partial charge in [0.2, 0.25) is 11.7 Å². The zero-order valence-corrected chi connectivity index (χ0v) is 28.2. The van der Waals surface area contributed by atoms with Crippen molar-refractivity contribution < 1.29 is 53.6 Å².